The molecule has 2 atom stereocenters. The highest BCUT2D eigenvalue weighted by Crippen LogP contribution is 2.43. The molecule has 28 heavy (non-hydrogen) atoms. The van der Waals surface area contributed by atoms with Crippen LogP contribution in [0.1, 0.15) is 50.5 Å². The van der Waals surface area contributed by atoms with Crippen LogP contribution in [0.3, 0.4) is 0 Å². The molecule has 1 aliphatic carbocycles. The van der Waals surface area contributed by atoms with E-state index in [0.717, 1.165) is 53.4 Å². The van der Waals surface area contributed by atoms with Crippen LogP contribution in [-0.4, -0.2) is 33.8 Å². The van der Waals surface area contributed by atoms with Gasteiger partial charge in [0.1, 0.15) is 6.04 Å². The molecule has 7 heteroatoms. The molecule has 146 valence electrons. The quantitative estimate of drug-likeness (QED) is 0.862. The van der Waals surface area contributed by atoms with Crippen molar-refractivity contribution < 1.29 is 14.3 Å². The molecule has 7 nitrogen and oxygen atoms in total. The fourth-order valence-corrected chi connectivity index (χ4v) is 4.26. The number of aromatic nitrogens is 3. The summed E-state index contributed by atoms with van der Waals surface area (Å²) >= 11 is 0. The van der Waals surface area contributed by atoms with Crippen molar-refractivity contribution in [3.05, 3.63) is 40.9 Å². The number of anilines is 1. The van der Waals surface area contributed by atoms with Crippen LogP contribution in [0.5, 0.6) is 11.5 Å². The van der Waals surface area contributed by atoms with E-state index in [2.05, 4.69) is 22.3 Å². The Labute approximate surface area is 163 Å². The third-order valence-electron chi connectivity index (χ3n) is 5.57. The maximum absolute atomic E-state index is 13.0. The maximum atomic E-state index is 13.0. The first kappa shape index (κ1) is 17.3. The molecule has 1 aromatic carbocycles. The summed E-state index contributed by atoms with van der Waals surface area (Å²) in [4.78, 5) is 17.7. The van der Waals surface area contributed by atoms with Crippen LogP contribution >= 0.6 is 0 Å². The molecule has 3 heterocycles. The van der Waals surface area contributed by atoms with Crippen LogP contribution in [0.15, 0.2) is 29.5 Å². The number of carbonyl (C=O) groups excluding carboxylic acids is 1. The average molecular weight is 380 g/mol. The van der Waals surface area contributed by atoms with Gasteiger partial charge < -0.3 is 14.8 Å². The summed E-state index contributed by atoms with van der Waals surface area (Å²) in [6.45, 7) is 5.42. The molecule has 2 aromatic rings. The van der Waals surface area contributed by atoms with Crippen LogP contribution in [0, 0.1) is 5.92 Å². The van der Waals surface area contributed by atoms with Gasteiger partial charge in [0.05, 0.1) is 13.2 Å². The summed E-state index contributed by atoms with van der Waals surface area (Å²) in [6.07, 6.45) is 3.00. The number of Topliss-reactive ketones (excluding diaryl/α,β-unsaturated/α-hetero) is 1. The Kier molecular flexibility index (Phi) is 4.10. The summed E-state index contributed by atoms with van der Waals surface area (Å²) in [5, 5.41) is 8.07. The second-order valence-electron chi connectivity index (χ2n) is 7.76. The lowest BCUT2D eigenvalue weighted by Crippen LogP contribution is -2.33. The van der Waals surface area contributed by atoms with E-state index in [0.29, 0.717) is 31.5 Å². The number of fused-ring (bicyclic) bond motifs is 2. The monoisotopic (exact) mass is 380 g/mol. The van der Waals surface area contributed by atoms with Gasteiger partial charge in [-0.1, -0.05) is 19.9 Å². The lowest BCUT2D eigenvalue weighted by Gasteiger charge is -2.34. The Balaban J connectivity index is 1.66. The summed E-state index contributed by atoms with van der Waals surface area (Å²) in [5.74, 6) is 3.45. The van der Waals surface area contributed by atoms with Crippen LogP contribution in [0.4, 0.5) is 5.95 Å². The Morgan fingerprint density at radius 1 is 1.21 bits per heavy atom. The average Bonchev–Trinajstić information content (AvgIpc) is 2.94. The zero-order valence-electron chi connectivity index (χ0n) is 16.2. The van der Waals surface area contributed by atoms with Crippen molar-refractivity contribution in [1.82, 2.24) is 14.8 Å². The van der Waals surface area contributed by atoms with E-state index in [-0.39, 0.29) is 11.8 Å². The van der Waals surface area contributed by atoms with E-state index in [1.165, 1.54) is 0 Å². The number of ether oxygens (including phenoxy) is 2. The van der Waals surface area contributed by atoms with E-state index >= 15 is 0 Å². The number of hydrogen-bond donors (Lipinski definition) is 1. The smallest absolute Gasteiger partial charge is 0.226 e. The number of ketones is 1. The van der Waals surface area contributed by atoms with Crippen LogP contribution in [-0.2, 0) is 11.2 Å². The first-order valence-electron chi connectivity index (χ1n) is 10.0. The topological polar surface area (TPSA) is 78.3 Å². The summed E-state index contributed by atoms with van der Waals surface area (Å²) in [6, 6.07) is 5.64. The lowest BCUT2D eigenvalue weighted by atomic mass is 9.81. The molecule has 3 aliphatic rings. The van der Waals surface area contributed by atoms with Gasteiger partial charge in [0.15, 0.2) is 23.1 Å². The molecule has 0 saturated heterocycles. The second kappa shape index (κ2) is 6.65. The van der Waals surface area contributed by atoms with Crippen LogP contribution < -0.4 is 14.8 Å². The van der Waals surface area contributed by atoms with Crippen molar-refractivity contribution in [3.8, 4) is 11.5 Å². The summed E-state index contributed by atoms with van der Waals surface area (Å²) in [7, 11) is 0. The van der Waals surface area contributed by atoms with Crippen LogP contribution in [0.2, 0.25) is 0 Å². The zero-order valence-corrected chi connectivity index (χ0v) is 16.2. The summed E-state index contributed by atoms with van der Waals surface area (Å²) < 4.78 is 13.5. The number of carbonyl (C=O) groups is 1. The van der Waals surface area contributed by atoms with Gasteiger partial charge >= 0.3 is 0 Å². The van der Waals surface area contributed by atoms with E-state index < -0.39 is 0 Å². The van der Waals surface area contributed by atoms with E-state index in [9.17, 15) is 4.79 Å². The third kappa shape index (κ3) is 2.77. The van der Waals surface area contributed by atoms with Crippen molar-refractivity contribution in [1.29, 1.82) is 0 Å². The highest BCUT2D eigenvalue weighted by molar-refractivity contribution is 5.99. The van der Waals surface area contributed by atoms with Crippen molar-refractivity contribution in [2.45, 2.75) is 45.6 Å². The summed E-state index contributed by atoms with van der Waals surface area (Å²) in [5.41, 5.74) is 2.74. The molecule has 2 aliphatic heterocycles. The van der Waals surface area contributed by atoms with Gasteiger partial charge in [-0.2, -0.15) is 10.1 Å². The Morgan fingerprint density at radius 2 is 2.04 bits per heavy atom. The minimum Gasteiger partial charge on any atom is -0.490 e. The normalized spacial score (nSPS) is 23.6. The minimum absolute atomic E-state index is 0.178. The number of aryl methyl sites for hydroxylation is 1. The Morgan fingerprint density at radius 3 is 2.86 bits per heavy atom. The first-order chi connectivity index (χ1) is 13.6. The SMILES string of the molecule is CCc1nc2n(n1)C(c1ccc3c(c1)OCCCO3)C1=C(CC(C)CC1=O)N2. The van der Waals surface area contributed by atoms with Crippen molar-refractivity contribution in [2.75, 3.05) is 18.5 Å². The Hall–Kier alpha value is -2.83. The van der Waals surface area contributed by atoms with Gasteiger partial charge in [0.2, 0.25) is 5.95 Å². The predicted octanol–water partition coefficient (Wildman–Crippen LogP) is 3.27. The lowest BCUT2D eigenvalue weighted by molar-refractivity contribution is -0.117. The fraction of sp³-hybridized carbons (Fsp3) is 0.476. The number of nitrogens with zero attached hydrogens (tertiary/aromatic N) is 3. The molecule has 0 spiro atoms. The molecule has 0 saturated carbocycles. The largest absolute Gasteiger partial charge is 0.490 e. The van der Waals surface area contributed by atoms with E-state index in [1.54, 1.807) is 0 Å². The molecular formula is C21H24N4O3. The molecule has 1 aromatic heterocycles. The second-order valence-corrected chi connectivity index (χ2v) is 7.76. The maximum Gasteiger partial charge on any atom is 0.226 e. The van der Waals surface area contributed by atoms with Gasteiger partial charge in [-0.25, -0.2) is 4.68 Å². The zero-order chi connectivity index (χ0) is 19.3. The first-order valence-corrected chi connectivity index (χ1v) is 10.0. The number of allylic oxidation sites excluding steroid dienone is 2. The number of hydrogen-bond acceptors (Lipinski definition) is 6. The van der Waals surface area contributed by atoms with E-state index in [1.807, 2.05) is 29.8 Å². The highest BCUT2D eigenvalue weighted by atomic mass is 16.5. The van der Waals surface area contributed by atoms with Gasteiger partial charge in [-0.05, 0) is 30.0 Å². The van der Waals surface area contributed by atoms with Crippen LogP contribution in [0.25, 0.3) is 0 Å². The van der Waals surface area contributed by atoms with Gasteiger partial charge in [-0.15, -0.1) is 0 Å². The molecule has 0 fully saturated rings. The van der Waals surface area contributed by atoms with Gasteiger partial charge in [-0.3, -0.25) is 4.79 Å². The third-order valence-corrected chi connectivity index (χ3v) is 5.57. The molecular weight excluding hydrogens is 356 g/mol. The molecule has 0 amide bonds. The molecule has 0 radical (unpaired) electrons. The molecule has 2 unspecified atom stereocenters. The van der Waals surface area contributed by atoms with Crippen molar-refractivity contribution in [3.63, 3.8) is 0 Å². The fourth-order valence-electron chi connectivity index (χ4n) is 4.26. The highest BCUT2D eigenvalue weighted by Gasteiger charge is 2.38. The van der Waals surface area contributed by atoms with Gasteiger partial charge in [0.25, 0.3) is 0 Å². The standard InChI is InChI=1S/C21H24N4O3/c1-3-18-23-21-22-14-9-12(2)10-15(26)19(14)20(25(21)24-18)13-5-6-16-17(11-13)28-8-4-7-27-16/h5-6,11-12,20H,3-4,7-10H2,1-2H3,(H,22,23,24). The molecule has 5 rings (SSSR count). The molecule has 1 N–H and O–H groups in total. The number of rotatable bonds is 2. The van der Waals surface area contributed by atoms with Crippen molar-refractivity contribution in [2.24, 2.45) is 5.92 Å². The van der Waals surface area contributed by atoms with Crippen molar-refractivity contribution >= 4 is 11.7 Å². The van der Waals surface area contributed by atoms with E-state index in [4.69, 9.17) is 9.47 Å². The predicted molar refractivity (Wildman–Crippen MR) is 104 cm³/mol. The number of nitrogens with one attached hydrogen (secondary N) is 1. The molecule has 0 bridgehead atoms. The van der Waals surface area contributed by atoms with Gasteiger partial charge in [0, 0.05) is 30.5 Å². The number of benzene rings is 1. The minimum atomic E-state index is -0.295. The Bertz CT molecular complexity index is 978.